The Bertz CT molecular complexity index is 856. The van der Waals surface area contributed by atoms with Gasteiger partial charge in [0.15, 0.2) is 0 Å². The third kappa shape index (κ3) is 5.25. The summed E-state index contributed by atoms with van der Waals surface area (Å²) in [7, 11) is 0. The Labute approximate surface area is 183 Å². The summed E-state index contributed by atoms with van der Waals surface area (Å²) in [5.74, 6) is 1.33. The monoisotopic (exact) mass is 422 g/mol. The van der Waals surface area contributed by atoms with Crippen LogP contribution in [0.25, 0.3) is 0 Å². The van der Waals surface area contributed by atoms with Crippen molar-refractivity contribution < 1.29 is 9.59 Å². The lowest BCUT2D eigenvalue weighted by Crippen LogP contribution is -2.39. The maximum absolute atomic E-state index is 13.2. The first-order chi connectivity index (χ1) is 14.7. The largest absolute Gasteiger partial charge is 0.342 e. The maximum Gasteiger partial charge on any atom is 0.254 e. The summed E-state index contributed by atoms with van der Waals surface area (Å²) >= 11 is 1.50. The molecule has 2 fully saturated rings. The number of carbonyl (C=O) groups is 2. The predicted molar refractivity (Wildman–Crippen MR) is 122 cm³/mol. The van der Waals surface area contributed by atoms with E-state index >= 15 is 0 Å². The Morgan fingerprint density at radius 3 is 2.23 bits per heavy atom. The molecule has 0 spiro atoms. The summed E-state index contributed by atoms with van der Waals surface area (Å²) < 4.78 is 0. The van der Waals surface area contributed by atoms with E-state index in [-0.39, 0.29) is 11.8 Å². The van der Waals surface area contributed by atoms with Gasteiger partial charge in [0, 0.05) is 31.1 Å². The molecule has 0 aromatic heterocycles. The van der Waals surface area contributed by atoms with Crippen molar-refractivity contribution >= 4 is 23.6 Å². The fourth-order valence-electron chi connectivity index (χ4n) is 4.42. The molecule has 0 N–H and O–H groups in total. The van der Waals surface area contributed by atoms with Gasteiger partial charge in [-0.3, -0.25) is 9.59 Å². The summed E-state index contributed by atoms with van der Waals surface area (Å²) in [4.78, 5) is 30.4. The molecule has 2 aliphatic heterocycles. The van der Waals surface area contributed by atoms with Crippen LogP contribution in [0.5, 0.6) is 0 Å². The van der Waals surface area contributed by atoms with Crippen LogP contribution in [0.2, 0.25) is 0 Å². The summed E-state index contributed by atoms with van der Waals surface area (Å²) in [6.45, 7) is 3.36. The van der Waals surface area contributed by atoms with Crippen LogP contribution in [0.4, 0.5) is 0 Å². The number of amides is 2. The Hall–Kier alpha value is -2.27. The Morgan fingerprint density at radius 2 is 1.50 bits per heavy atom. The Kier molecular flexibility index (Phi) is 7.11. The molecule has 0 aliphatic carbocycles. The molecule has 0 unspecified atom stereocenters. The number of hydrogen-bond acceptors (Lipinski definition) is 3. The SMILES string of the molecule is O=C(CSc1ccccc1C(=O)N1CCC(Cc2ccccc2)CC1)N1CCCC1. The second-order valence-electron chi connectivity index (χ2n) is 8.30. The molecule has 2 aliphatic rings. The number of carbonyl (C=O) groups excluding carboxylic acids is 2. The molecule has 0 saturated carbocycles. The highest BCUT2D eigenvalue weighted by molar-refractivity contribution is 8.00. The fourth-order valence-corrected chi connectivity index (χ4v) is 5.37. The normalized spacial score (nSPS) is 17.3. The van der Waals surface area contributed by atoms with Crippen molar-refractivity contribution in [3.05, 3.63) is 65.7 Å². The van der Waals surface area contributed by atoms with E-state index < -0.39 is 0 Å². The van der Waals surface area contributed by atoms with Gasteiger partial charge in [0.05, 0.1) is 11.3 Å². The minimum Gasteiger partial charge on any atom is -0.342 e. The molecule has 2 amide bonds. The first kappa shape index (κ1) is 21.0. The molecular formula is C25H30N2O2S. The Balaban J connectivity index is 1.33. The van der Waals surface area contributed by atoms with E-state index in [1.54, 1.807) is 0 Å². The van der Waals surface area contributed by atoms with E-state index in [1.807, 2.05) is 34.1 Å². The van der Waals surface area contributed by atoms with Crippen LogP contribution >= 0.6 is 11.8 Å². The van der Waals surface area contributed by atoms with Crippen LogP contribution in [0.3, 0.4) is 0 Å². The minimum absolute atomic E-state index is 0.102. The molecule has 30 heavy (non-hydrogen) atoms. The molecule has 2 aromatic carbocycles. The molecule has 0 atom stereocenters. The first-order valence-corrected chi connectivity index (χ1v) is 12.0. The van der Waals surface area contributed by atoms with Crippen molar-refractivity contribution in [1.29, 1.82) is 0 Å². The number of piperidine rings is 1. The van der Waals surface area contributed by atoms with Gasteiger partial charge >= 0.3 is 0 Å². The number of rotatable bonds is 6. The van der Waals surface area contributed by atoms with Crippen molar-refractivity contribution in [3.8, 4) is 0 Å². The van der Waals surface area contributed by atoms with Crippen LogP contribution in [0.1, 0.15) is 41.6 Å². The lowest BCUT2D eigenvalue weighted by Gasteiger charge is -2.32. The van der Waals surface area contributed by atoms with E-state index in [4.69, 9.17) is 0 Å². The average Bonchev–Trinajstić information content (AvgIpc) is 3.34. The number of thioether (sulfide) groups is 1. The smallest absolute Gasteiger partial charge is 0.254 e. The van der Waals surface area contributed by atoms with Gasteiger partial charge in [-0.2, -0.15) is 0 Å². The lowest BCUT2D eigenvalue weighted by molar-refractivity contribution is -0.127. The average molecular weight is 423 g/mol. The van der Waals surface area contributed by atoms with E-state index in [0.717, 1.165) is 68.7 Å². The number of benzene rings is 2. The molecule has 5 heteroatoms. The van der Waals surface area contributed by atoms with Gasteiger partial charge in [0.1, 0.15) is 0 Å². The van der Waals surface area contributed by atoms with E-state index in [0.29, 0.717) is 11.7 Å². The van der Waals surface area contributed by atoms with Gasteiger partial charge in [-0.15, -0.1) is 11.8 Å². The van der Waals surface area contributed by atoms with Crippen molar-refractivity contribution in [2.24, 2.45) is 5.92 Å². The Morgan fingerprint density at radius 1 is 0.833 bits per heavy atom. The standard InChI is InChI=1S/C25H30N2O2S/c28-24(26-14-6-7-15-26)19-30-23-11-5-4-10-22(23)25(29)27-16-12-21(13-17-27)18-20-8-2-1-3-9-20/h1-5,8-11,21H,6-7,12-19H2. The van der Waals surface area contributed by atoms with Crippen LogP contribution in [-0.2, 0) is 11.2 Å². The van der Waals surface area contributed by atoms with E-state index in [1.165, 1.54) is 17.3 Å². The zero-order valence-corrected chi connectivity index (χ0v) is 18.3. The van der Waals surface area contributed by atoms with Crippen molar-refractivity contribution in [1.82, 2.24) is 9.80 Å². The number of nitrogens with zero attached hydrogens (tertiary/aromatic N) is 2. The molecule has 2 saturated heterocycles. The van der Waals surface area contributed by atoms with Crippen LogP contribution < -0.4 is 0 Å². The highest BCUT2D eigenvalue weighted by atomic mass is 32.2. The van der Waals surface area contributed by atoms with Gasteiger partial charge in [-0.25, -0.2) is 0 Å². The van der Waals surface area contributed by atoms with Gasteiger partial charge < -0.3 is 9.80 Å². The van der Waals surface area contributed by atoms with Gasteiger partial charge in [-0.05, 0) is 55.7 Å². The zero-order chi connectivity index (χ0) is 20.8. The van der Waals surface area contributed by atoms with Crippen LogP contribution in [-0.4, -0.2) is 53.5 Å². The minimum atomic E-state index is 0.102. The van der Waals surface area contributed by atoms with E-state index in [2.05, 4.69) is 30.3 Å². The first-order valence-electron chi connectivity index (χ1n) is 11.0. The lowest BCUT2D eigenvalue weighted by atomic mass is 9.90. The number of likely N-dealkylation sites (tertiary alicyclic amines) is 2. The second-order valence-corrected chi connectivity index (χ2v) is 9.32. The van der Waals surface area contributed by atoms with Gasteiger partial charge in [-0.1, -0.05) is 42.5 Å². The highest BCUT2D eigenvalue weighted by Gasteiger charge is 2.26. The van der Waals surface area contributed by atoms with Crippen molar-refractivity contribution in [3.63, 3.8) is 0 Å². The highest BCUT2D eigenvalue weighted by Crippen LogP contribution is 2.27. The molecule has 0 bridgehead atoms. The molecule has 158 valence electrons. The molecule has 0 radical (unpaired) electrons. The summed E-state index contributed by atoms with van der Waals surface area (Å²) in [6, 6.07) is 18.4. The molecule has 4 rings (SSSR count). The fraction of sp³-hybridized carbons (Fsp3) is 0.440. The topological polar surface area (TPSA) is 40.6 Å². The van der Waals surface area contributed by atoms with Crippen molar-refractivity contribution in [2.45, 2.75) is 37.0 Å². The van der Waals surface area contributed by atoms with Gasteiger partial charge in [0.25, 0.3) is 5.91 Å². The zero-order valence-electron chi connectivity index (χ0n) is 17.5. The quantitative estimate of drug-likeness (QED) is 0.644. The summed E-state index contributed by atoms with van der Waals surface area (Å²) in [5.41, 5.74) is 2.12. The summed E-state index contributed by atoms with van der Waals surface area (Å²) in [6.07, 6.45) is 5.39. The molecule has 2 heterocycles. The second kappa shape index (κ2) is 10.2. The molecule has 2 aromatic rings. The predicted octanol–water partition coefficient (Wildman–Crippen LogP) is 4.50. The van der Waals surface area contributed by atoms with Crippen molar-refractivity contribution in [2.75, 3.05) is 31.9 Å². The van der Waals surface area contributed by atoms with Crippen LogP contribution in [0.15, 0.2) is 59.5 Å². The third-order valence-electron chi connectivity index (χ3n) is 6.20. The number of hydrogen-bond donors (Lipinski definition) is 0. The summed E-state index contributed by atoms with van der Waals surface area (Å²) in [5, 5.41) is 0. The third-order valence-corrected chi connectivity index (χ3v) is 7.25. The van der Waals surface area contributed by atoms with Gasteiger partial charge in [0.2, 0.25) is 5.91 Å². The van der Waals surface area contributed by atoms with E-state index in [9.17, 15) is 9.59 Å². The van der Waals surface area contributed by atoms with Crippen LogP contribution in [0, 0.1) is 5.92 Å². The molecular weight excluding hydrogens is 392 g/mol. The molecule has 4 nitrogen and oxygen atoms in total. The maximum atomic E-state index is 13.2.